The molecular weight excluding hydrogens is 286 g/mol. The van der Waals surface area contributed by atoms with Gasteiger partial charge in [-0.2, -0.15) is 5.10 Å². The molecule has 4 rings (SSSR count). The molecule has 2 aliphatic rings. The number of aromatic nitrogens is 2. The first-order valence-electron chi connectivity index (χ1n) is 8.60. The van der Waals surface area contributed by atoms with E-state index in [-0.39, 0.29) is 11.9 Å². The molecule has 1 spiro atoms. The van der Waals surface area contributed by atoms with E-state index in [2.05, 4.69) is 10.4 Å². The van der Waals surface area contributed by atoms with Crippen molar-refractivity contribution in [3.63, 3.8) is 0 Å². The topological polar surface area (TPSA) is 46.9 Å². The maximum atomic E-state index is 12.9. The van der Waals surface area contributed by atoms with E-state index >= 15 is 0 Å². The lowest BCUT2D eigenvalue weighted by atomic mass is 9.83. The fraction of sp³-hybridized carbons (Fsp3) is 0.474. The number of rotatable bonds is 4. The van der Waals surface area contributed by atoms with Gasteiger partial charge in [0.1, 0.15) is 0 Å². The van der Waals surface area contributed by atoms with Crippen molar-refractivity contribution in [3.05, 3.63) is 54.4 Å². The van der Waals surface area contributed by atoms with Crippen molar-refractivity contribution in [3.8, 4) is 0 Å². The SMILES string of the molecule is O=C(NC1CCC2(CC1)CC2)C(c1ccccc1)n1cccn1. The van der Waals surface area contributed by atoms with E-state index in [4.69, 9.17) is 0 Å². The third-order valence-electron chi connectivity index (χ3n) is 5.50. The lowest BCUT2D eigenvalue weighted by molar-refractivity contribution is -0.124. The van der Waals surface area contributed by atoms with Gasteiger partial charge in [-0.05, 0) is 55.6 Å². The maximum Gasteiger partial charge on any atom is 0.249 e. The van der Waals surface area contributed by atoms with Gasteiger partial charge in [0.05, 0.1) is 0 Å². The van der Waals surface area contributed by atoms with E-state index in [1.165, 1.54) is 25.7 Å². The lowest BCUT2D eigenvalue weighted by Crippen LogP contribution is -2.42. The Morgan fingerprint density at radius 2 is 1.87 bits per heavy atom. The Morgan fingerprint density at radius 3 is 2.48 bits per heavy atom. The van der Waals surface area contributed by atoms with Gasteiger partial charge in [0, 0.05) is 18.4 Å². The van der Waals surface area contributed by atoms with Crippen LogP contribution in [-0.4, -0.2) is 21.7 Å². The van der Waals surface area contributed by atoms with Crippen molar-refractivity contribution < 1.29 is 4.79 Å². The largest absolute Gasteiger partial charge is 0.351 e. The predicted molar refractivity (Wildman–Crippen MR) is 88.9 cm³/mol. The molecule has 0 saturated heterocycles. The van der Waals surface area contributed by atoms with Crippen molar-refractivity contribution in [2.24, 2.45) is 5.41 Å². The molecule has 4 nitrogen and oxygen atoms in total. The van der Waals surface area contributed by atoms with Crippen LogP contribution in [0.15, 0.2) is 48.8 Å². The number of hydrogen-bond donors (Lipinski definition) is 1. The average Bonchev–Trinajstić information content (AvgIpc) is 3.11. The third kappa shape index (κ3) is 3.03. The van der Waals surface area contributed by atoms with E-state index < -0.39 is 0 Å². The molecule has 0 radical (unpaired) electrons. The van der Waals surface area contributed by atoms with Crippen LogP contribution in [0.1, 0.15) is 50.1 Å². The van der Waals surface area contributed by atoms with Crippen LogP contribution in [0.4, 0.5) is 0 Å². The molecule has 1 unspecified atom stereocenters. The molecule has 1 heterocycles. The molecule has 0 aliphatic heterocycles. The highest BCUT2D eigenvalue weighted by molar-refractivity contribution is 5.83. The summed E-state index contributed by atoms with van der Waals surface area (Å²) >= 11 is 0. The number of benzene rings is 1. The van der Waals surface area contributed by atoms with E-state index in [1.807, 2.05) is 42.6 Å². The van der Waals surface area contributed by atoms with Gasteiger partial charge in [-0.15, -0.1) is 0 Å². The summed E-state index contributed by atoms with van der Waals surface area (Å²) in [5.74, 6) is 0.0525. The van der Waals surface area contributed by atoms with Gasteiger partial charge < -0.3 is 5.32 Å². The summed E-state index contributed by atoms with van der Waals surface area (Å²) in [6, 6.07) is 11.7. The fourth-order valence-electron chi connectivity index (χ4n) is 3.82. The van der Waals surface area contributed by atoms with Crippen LogP contribution < -0.4 is 5.32 Å². The molecular formula is C19H23N3O. The Labute approximate surface area is 136 Å². The Morgan fingerprint density at radius 1 is 1.13 bits per heavy atom. The molecule has 2 aliphatic carbocycles. The van der Waals surface area contributed by atoms with Crippen LogP contribution in [0, 0.1) is 5.41 Å². The van der Waals surface area contributed by atoms with Gasteiger partial charge in [0.15, 0.2) is 6.04 Å². The normalized spacial score (nSPS) is 21.0. The van der Waals surface area contributed by atoms with Gasteiger partial charge >= 0.3 is 0 Å². The van der Waals surface area contributed by atoms with Gasteiger partial charge in [0.2, 0.25) is 5.91 Å². The first kappa shape index (κ1) is 14.5. The minimum Gasteiger partial charge on any atom is -0.351 e. The average molecular weight is 309 g/mol. The van der Waals surface area contributed by atoms with Crippen molar-refractivity contribution >= 4 is 5.91 Å². The van der Waals surface area contributed by atoms with Crippen LogP contribution in [0.5, 0.6) is 0 Å². The van der Waals surface area contributed by atoms with Gasteiger partial charge in [-0.3, -0.25) is 9.48 Å². The maximum absolute atomic E-state index is 12.9. The summed E-state index contributed by atoms with van der Waals surface area (Å²) in [6.07, 6.45) is 11.2. The van der Waals surface area contributed by atoms with Crippen LogP contribution >= 0.6 is 0 Å². The molecule has 1 aromatic carbocycles. The minimum absolute atomic E-state index is 0.0525. The molecule has 1 amide bonds. The second kappa shape index (κ2) is 5.84. The molecule has 2 fully saturated rings. The van der Waals surface area contributed by atoms with E-state index in [0.717, 1.165) is 18.4 Å². The zero-order valence-corrected chi connectivity index (χ0v) is 13.3. The van der Waals surface area contributed by atoms with Crippen molar-refractivity contribution in [2.45, 2.75) is 50.6 Å². The molecule has 2 saturated carbocycles. The molecule has 1 atom stereocenters. The quantitative estimate of drug-likeness (QED) is 0.942. The van der Waals surface area contributed by atoms with Crippen LogP contribution in [0.3, 0.4) is 0 Å². The van der Waals surface area contributed by atoms with Gasteiger partial charge in [-0.1, -0.05) is 30.3 Å². The highest BCUT2D eigenvalue weighted by atomic mass is 16.2. The third-order valence-corrected chi connectivity index (χ3v) is 5.50. The highest BCUT2D eigenvalue weighted by Crippen LogP contribution is 2.56. The summed E-state index contributed by atoms with van der Waals surface area (Å²) in [7, 11) is 0. The van der Waals surface area contributed by atoms with Crippen LogP contribution in [0.2, 0.25) is 0 Å². The van der Waals surface area contributed by atoms with E-state index in [1.54, 1.807) is 10.9 Å². The first-order chi connectivity index (χ1) is 11.3. The van der Waals surface area contributed by atoms with Crippen LogP contribution in [-0.2, 0) is 4.79 Å². The van der Waals surface area contributed by atoms with E-state index in [9.17, 15) is 4.79 Å². The smallest absolute Gasteiger partial charge is 0.249 e. The zero-order valence-electron chi connectivity index (χ0n) is 13.3. The molecule has 2 aromatic rings. The van der Waals surface area contributed by atoms with Crippen molar-refractivity contribution in [1.82, 2.24) is 15.1 Å². The summed E-state index contributed by atoms with van der Waals surface area (Å²) in [4.78, 5) is 12.9. The summed E-state index contributed by atoms with van der Waals surface area (Å²) < 4.78 is 1.75. The fourth-order valence-corrected chi connectivity index (χ4v) is 3.82. The number of nitrogens with one attached hydrogen (secondary N) is 1. The number of amides is 1. The summed E-state index contributed by atoms with van der Waals surface area (Å²) in [5, 5.41) is 7.57. The number of hydrogen-bond acceptors (Lipinski definition) is 2. The van der Waals surface area contributed by atoms with Crippen LogP contribution in [0.25, 0.3) is 0 Å². The Kier molecular flexibility index (Phi) is 3.68. The standard InChI is InChI=1S/C19H23N3O/c23-18(21-16-7-9-19(10-8-16)11-12-19)17(22-14-4-13-20-22)15-5-2-1-3-6-15/h1-6,13-14,16-17H,7-12H2,(H,21,23). The van der Waals surface area contributed by atoms with Crippen molar-refractivity contribution in [2.75, 3.05) is 0 Å². The van der Waals surface area contributed by atoms with Gasteiger partial charge in [0.25, 0.3) is 0 Å². The first-order valence-corrected chi connectivity index (χ1v) is 8.60. The molecule has 0 bridgehead atoms. The Bertz CT molecular complexity index is 651. The lowest BCUT2D eigenvalue weighted by Gasteiger charge is -2.30. The number of nitrogens with zero attached hydrogens (tertiary/aromatic N) is 2. The molecule has 23 heavy (non-hydrogen) atoms. The summed E-state index contributed by atoms with van der Waals surface area (Å²) in [6.45, 7) is 0. The van der Waals surface area contributed by atoms with Crippen molar-refractivity contribution in [1.29, 1.82) is 0 Å². The zero-order chi connectivity index (χ0) is 15.7. The Hall–Kier alpha value is -2.10. The predicted octanol–water partition coefficient (Wildman–Crippen LogP) is 3.31. The summed E-state index contributed by atoms with van der Waals surface area (Å²) in [5.41, 5.74) is 1.63. The molecule has 120 valence electrons. The monoisotopic (exact) mass is 309 g/mol. The number of carbonyl (C=O) groups is 1. The number of carbonyl (C=O) groups excluding carboxylic acids is 1. The second-order valence-electron chi connectivity index (χ2n) is 7.08. The molecule has 4 heteroatoms. The van der Waals surface area contributed by atoms with Gasteiger partial charge in [-0.25, -0.2) is 0 Å². The molecule has 1 aromatic heterocycles. The minimum atomic E-state index is -0.386. The Balaban J connectivity index is 1.49. The molecule has 1 N–H and O–H groups in total. The highest BCUT2D eigenvalue weighted by Gasteiger charge is 2.45. The second-order valence-corrected chi connectivity index (χ2v) is 7.08. The van der Waals surface area contributed by atoms with E-state index in [0.29, 0.717) is 11.5 Å².